The number of fused-ring (bicyclic) bond motifs is 1. The van der Waals surface area contributed by atoms with E-state index < -0.39 is 0 Å². The van der Waals surface area contributed by atoms with Crippen molar-refractivity contribution in [2.45, 2.75) is 13.1 Å². The number of nitrogens with zero attached hydrogens (tertiary/aromatic N) is 6. The molecule has 0 radical (unpaired) electrons. The summed E-state index contributed by atoms with van der Waals surface area (Å²) in [7, 11) is 1.63. The van der Waals surface area contributed by atoms with Gasteiger partial charge in [-0.3, -0.25) is 4.79 Å². The molecule has 10 heteroatoms. The van der Waals surface area contributed by atoms with E-state index in [0.29, 0.717) is 36.8 Å². The van der Waals surface area contributed by atoms with E-state index in [9.17, 15) is 4.79 Å². The topological polar surface area (TPSA) is 99.2 Å². The predicted octanol–water partition coefficient (Wildman–Crippen LogP) is 2.72. The average molecular weight is 408 g/mol. The first-order chi connectivity index (χ1) is 14.2. The first-order valence-corrected chi connectivity index (χ1v) is 9.89. The van der Waals surface area contributed by atoms with Crippen LogP contribution in [0.2, 0.25) is 0 Å². The molecule has 9 nitrogen and oxygen atoms in total. The second-order valence-corrected chi connectivity index (χ2v) is 7.30. The Morgan fingerprint density at radius 2 is 2.07 bits per heavy atom. The van der Waals surface area contributed by atoms with Crippen LogP contribution in [0.15, 0.2) is 45.6 Å². The van der Waals surface area contributed by atoms with Gasteiger partial charge in [0.1, 0.15) is 5.75 Å². The minimum Gasteiger partial charge on any atom is -0.497 e. The van der Waals surface area contributed by atoms with E-state index in [-0.39, 0.29) is 11.8 Å². The van der Waals surface area contributed by atoms with Gasteiger partial charge in [0, 0.05) is 24.0 Å². The Morgan fingerprint density at radius 1 is 1.21 bits per heavy atom. The van der Waals surface area contributed by atoms with Crippen LogP contribution in [0.3, 0.4) is 0 Å². The fourth-order valence-corrected chi connectivity index (χ4v) is 3.86. The molecule has 3 aromatic heterocycles. The molecular weight excluding hydrogens is 392 g/mol. The van der Waals surface area contributed by atoms with Gasteiger partial charge >= 0.3 is 0 Å². The minimum atomic E-state index is -0.164. The van der Waals surface area contributed by atoms with Crippen LogP contribution in [-0.2, 0) is 13.1 Å². The zero-order valence-corrected chi connectivity index (χ0v) is 16.3. The fourth-order valence-electron chi connectivity index (χ4n) is 3.22. The van der Waals surface area contributed by atoms with Gasteiger partial charge in [-0.25, -0.2) is 4.68 Å². The van der Waals surface area contributed by atoms with Gasteiger partial charge in [0.15, 0.2) is 11.4 Å². The maximum Gasteiger partial charge on any atom is 0.281 e. The summed E-state index contributed by atoms with van der Waals surface area (Å²) >= 11 is 1.55. The first kappa shape index (κ1) is 17.6. The molecular formula is C19H16N6O3S. The predicted molar refractivity (Wildman–Crippen MR) is 104 cm³/mol. The Hall–Kier alpha value is -3.53. The molecule has 0 fully saturated rings. The summed E-state index contributed by atoms with van der Waals surface area (Å²) in [4.78, 5) is 19.3. The monoisotopic (exact) mass is 408 g/mol. The molecule has 1 aliphatic heterocycles. The van der Waals surface area contributed by atoms with E-state index >= 15 is 0 Å². The van der Waals surface area contributed by atoms with E-state index in [1.807, 2.05) is 41.1 Å². The van der Waals surface area contributed by atoms with E-state index in [0.717, 1.165) is 16.9 Å². The quantitative estimate of drug-likeness (QED) is 0.501. The molecule has 0 saturated heterocycles. The number of methoxy groups -OCH3 is 1. The molecule has 146 valence electrons. The third-order valence-electron chi connectivity index (χ3n) is 4.75. The van der Waals surface area contributed by atoms with Crippen molar-refractivity contribution in [3.8, 4) is 28.7 Å². The Bertz CT molecular complexity index is 1150. The molecule has 4 aromatic rings. The largest absolute Gasteiger partial charge is 0.497 e. The van der Waals surface area contributed by atoms with Gasteiger partial charge in [-0.15, -0.1) is 5.10 Å². The number of thiophene rings is 1. The molecule has 0 bridgehead atoms. The van der Waals surface area contributed by atoms with Crippen molar-refractivity contribution in [1.82, 2.24) is 30.0 Å². The maximum atomic E-state index is 13.1. The molecule has 1 amide bonds. The molecule has 0 aliphatic carbocycles. The molecule has 0 saturated carbocycles. The summed E-state index contributed by atoms with van der Waals surface area (Å²) in [5, 5.41) is 16.1. The van der Waals surface area contributed by atoms with E-state index in [1.165, 1.54) is 0 Å². The lowest BCUT2D eigenvalue weighted by atomic mass is 10.1. The fraction of sp³-hybridized carbons (Fsp3) is 0.211. The van der Waals surface area contributed by atoms with Gasteiger partial charge < -0.3 is 14.2 Å². The third kappa shape index (κ3) is 3.17. The van der Waals surface area contributed by atoms with Crippen LogP contribution in [0.4, 0.5) is 0 Å². The number of aromatic nitrogens is 5. The molecule has 5 rings (SSSR count). The summed E-state index contributed by atoms with van der Waals surface area (Å²) in [5.41, 5.74) is 2.55. The number of hydrogen-bond donors (Lipinski definition) is 0. The van der Waals surface area contributed by atoms with Gasteiger partial charge in [-0.2, -0.15) is 16.3 Å². The third-order valence-corrected chi connectivity index (χ3v) is 5.43. The normalized spacial score (nSPS) is 13.6. The molecule has 4 heterocycles. The summed E-state index contributed by atoms with van der Waals surface area (Å²) in [6, 6.07) is 9.56. The van der Waals surface area contributed by atoms with Crippen LogP contribution >= 0.6 is 11.3 Å². The molecule has 1 aromatic carbocycles. The highest BCUT2D eigenvalue weighted by molar-refractivity contribution is 7.08. The van der Waals surface area contributed by atoms with Crippen molar-refractivity contribution >= 4 is 17.2 Å². The Morgan fingerprint density at radius 3 is 2.83 bits per heavy atom. The number of carbonyl (C=O) groups is 1. The lowest BCUT2D eigenvalue weighted by molar-refractivity contribution is 0.0684. The Labute approximate surface area is 169 Å². The first-order valence-electron chi connectivity index (χ1n) is 8.95. The lowest BCUT2D eigenvalue weighted by Crippen LogP contribution is -2.40. The van der Waals surface area contributed by atoms with E-state index in [1.54, 1.807) is 28.0 Å². The lowest BCUT2D eigenvalue weighted by Gasteiger charge is -2.27. The zero-order chi connectivity index (χ0) is 19.8. The molecule has 0 spiro atoms. The van der Waals surface area contributed by atoms with Crippen molar-refractivity contribution in [2.24, 2.45) is 0 Å². The Kier molecular flexibility index (Phi) is 4.32. The molecule has 0 atom stereocenters. The smallest absolute Gasteiger partial charge is 0.281 e. The highest BCUT2D eigenvalue weighted by Crippen LogP contribution is 2.27. The number of benzene rings is 1. The molecule has 0 N–H and O–H groups in total. The zero-order valence-electron chi connectivity index (χ0n) is 15.5. The van der Waals surface area contributed by atoms with Gasteiger partial charge in [-0.05, 0) is 29.1 Å². The van der Waals surface area contributed by atoms with Gasteiger partial charge in [0.05, 0.1) is 13.7 Å². The van der Waals surface area contributed by atoms with Crippen molar-refractivity contribution in [3.05, 3.63) is 52.3 Å². The van der Waals surface area contributed by atoms with Crippen molar-refractivity contribution in [2.75, 3.05) is 13.7 Å². The molecule has 1 aliphatic rings. The molecule has 29 heavy (non-hydrogen) atoms. The van der Waals surface area contributed by atoms with Crippen molar-refractivity contribution in [1.29, 1.82) is 0 Å². The van der Waals surface area contributed by atoms with Crippen molar-refractivity contribution < 1.29 is 14.1 Å². The van der Waals surface area contributed by atoms with Gasteiger partial charge in [0.2, 0.25) is 5.82 Å². The van der Waals surface area contributed by atoms with E-state index in [4.69, 9.17) is 9.26 Å². The summed E-state index contributed by atoms with van der Waals surface area (Å²) in [6.07, 6.45) is 0. The van der Waals surface area contributed by atoms with Gasteiger partial charge in [0.25, 0.3) is 11.8 Å². The highest BCUT2D eigenvalue weighted by atomic mass is 32.1. The van der Waals surface area contributed by atoms with Crippen LogP contribution in [0.25, 0.3) is 23.0 Å². The second kappa shape index (κ2) is 7.13. The summed E-state index contributed by atoms with van der Waals surface area (Å²) < 4.78 is 12.2. The van der Waals surface area contributed by atoms with Crippen LogP contribution in [-0.4, -0.2) is 49.6 Å². The maximum absolute atomic E-state index is 13.1. The molecule has 0 unspecified atom stereocenters. The van der Waals surface area contributed by atoms with Gasteiger partial charge in [-0.1, -0.05) is 22.5 Å². The van der Waals surface area contributed by atoms with Crippen LogP contribution in [0.5, 0.6) is 5.75 Å². The van der Waals surface area contributed by atoms with Crippen LogP contribution in [0, 0.1) is 0 Å². The number of rotatable bonds is 5. The minimum absolute atomic E-state index is 0.164. The SMILES string of the molecule is COc1ccc(CN2CCn3nnc(-c4nc(-c5ccsc5)no4)c3C2=O)cc1. The van der Waals surface area contributed by atoms with Crippen LogP contribution < -0.4 is 4.74 Å². The number of amides is 1. The number of hydrogen-bond acceptors (Lipinski definition) is 8. The Balaban J connectivity index is 1.42. The van der Waals surface area contributed by atoms with E-state index in [2.05, 4.69) is 20.5 Å². The summed E-state index contributed by atoms with van der Waals surface area (Å²) in [5.74, 6) is 1.26. The van der Waals surface area contributed by atoms with Crippen LogP contribution in [0.1, 0.15) is 16.1 Å². The number of ether oxygens (including phenoxy) is 1. The second-order valence-electron chi connectivity index (χ2n) is 6.52. The standard InChI is InChI=1S/C19H16N6O3S/c1-27-14-4-2-12(3-5-14)10-24-7-8-25-16(19(24)26)15(21-23-25)18-20-17(22-28-18)13-6-9-29-11-13/h2-6,9,11H,7-8,10H2,1H3. The van der Waals surface area contributed by atoms with Crippen molar-refractivity contribution in [3.63, 3.8) is 0 Å². The average Bonchev–Trinajstić information content (AvgIpc) is 3.50. The number of carbonyl (C=O) groups excluding carboxylic acids is 1. The highest BCUT2D eigenvalue weighted by Gasteiger charge is 2.32. The summed E-state index contributed by atoms with van der Waals surface area (Å²) in [6.45, 7) is 1.58.